The Morgan fingerprint density at radius 3 is 2.48 bits per heavy atom. The van der Waals surface area contributed by atoms with Crippen LogP contribution in [0.15, 0.2) is 79.1 Å². The molecule has 1 saturated carbocycles. The van der Waals surface area contributed by atoms with Gasteiger partial charge in [-0.2, -0.15) is 0 Å². The van der Waals surface area contributed by atoms with Crippen LogP contribution in [0, 0.1) is 0 Å². The van der Waals surface area contributed by atoms with Crippen molar-refractivity contribution in [1.29, 1.82) is 0 Å². The third-order valence-electron chi connectivity index (χ3n) is 5.16. The average Bonchev–Trinajstić information content (AvgIpc) is 3.42. The fourth-order valence-corrected chi connectivity index (χ4v) is 3.40. The number of carbonyl (C=O) groups excluding carboxylic acids is 1. The predicted octanol–water partition coefficient (Wildman–Crippen LogP) is 3.74. The molecule has 2 aromatic carbocycles. The number of fused-ring (bicyclic) bond motifs is 1. The van der Waals surface area contributed by atoms with E-state index in [2.05, 4.69) is 15.3 Å². The van der Waals surface area contributed by atoms with Gasteiger partial charge in [0.25, 0.3) is 5.91 Å². The van der Waals surface area contributed by atoms with E-state index in [1.54, 1.807) is 16.7 Å². The quantitative estimate of drug-likeness (QED) is 0.550. The van der Waals surface area contributed by atoms with Gasteiger partial charge in [-0.3, -0.25) is 9.20 Å². The largest absolute Gasteiger partial charge is 0.491 e. The van der Waals surface area contributed by atoms with E-state index in [1.165, 1.54) is 0 Å². The molecule has 2 heterocycles. The van der Waals surface area contributed by atoms with Gasteiger partial charge in [-0.1, -0.05) is 48.5 Å². The monoisotopic (exact) mass is 384 g/mol. The summed E-state index contributed by atoms with van der Waals surface area (Å²) >= 11 is 0. The van der Waals surface area contributed by atoms with E-state index >= 15 is 0 Å². The first-order chi connectivity index (χ1) is 14.2. The van der Waals surface area contributed by atoms with E-state index in [9.17, 15) is 4.79 Å². The summed E-state index contributed by atoms with van der Waals surface area (Å²) in [6, 6.07) is 21.2. The molecule has 6 nitrogen and oxygen atoms in total. The van der Waals surface area contributed by atoms with Crippen LogP contribution in [0.4, 0.5) is 0 Å². The molecule has 6 heteroatoms. The molecule has 5 rings (SSSR count). The fourth-order valence-electron chi connectivity index (χ4n) is 3.40. The maximum Gasteiger partial charge on any atom is 0.271 e. The number of amides is 1. The zero-order valence-electron chi connectivity index (χ0n) is 15.8. The van der Waals surface area contributed by atoms with Gasteiger partial charge in [0.1, 0.15) is 23.7 Å². The Balaban J connectivity index is 1.44. The average molecular weight is 384 g/mol. The highest BCUT2D eigenvalue weighted by atomic mass is 16.5. The van der Waals surface area contributed by atoms with Gasteiger partial charge in [0.15, 0.2) is 0 Å². The summed E-state index contributed by atoms with van der Waals surface area (Å²) in [6.07, 6.45) is 5.27. The van der Waals surface area contributed by atoms with Crippen molar-refractivity contribution in [3.8, 4) is 17.0 Å². The molecule has 29 heavy (non-hydrogen) atoms. The van der Waals surface area contributed by atoms with Crippen molar-refractivity contribution in [2.24, 2.45) is 0 Å². The lowest BCUT2D eigenvalue weighted by molar-refractivity contribution is 0.0907. The van der Waals surface area contributed by atoms with Gasteiger partial charge in [-0.15, -0.1) is 0 Å². The second-order valence-electron chi connectivity index (χ2n) is 7.30. The first kappa shape index (κ1) is 17.4. The molecular formula is C23H20N4O2. The Morgan fingerprint density at radius 2 is 1.76 bits per heavy atom. The summed E-state index contributed by atoms with van der Waals surface area (Å²) in [7, 11) is 0. The lowest BCUT2D eigenvalue weighted by atomic mass is 10.1. The normalized spacial score (nSPS) is 14.5. The number of carbonyl (C=O) groups is 1. The molecule has 0 radical (unpaired) electrons. The molecule has 144 valence electrons. The summed E-state index contributed by atoms with van der Waals surface area (Å²) < 4.78 is 7.65. The van der Waals surface area contributed by atoms with Gasteiger partial charge in [0.05, 0.1) is 5.54 Å². The lowest BCUT2D eigenvalue weighted by Crippen LogP contribution is -2.42. The van der Waals surface area contributed by atoms with Crippen molar-refractivity contribution in [2.75, 3.05) is 6.61 Å². The van der Waals surface area contributed by atoms with E-state index in [1.807, 2.05) is 66.9 Å². The topological polar surface area (TPSA) is 68.5 Å². The van der Waals surface area contributed by atoms with Crippen LogP contribution >= 0.6 is 0 Å². The number of ether oxygens (including phenoxy) is 1. The van der Waals surface area contributed by atoms with Gasteiger partial charge in [0.2, 0.25) is 5.78 Å². The molecule has 1 aliphatic rings. The van der Waals surface area contributed by atoms with Crippen LogP contribution < -0.4 is 10.1 Å². The van der Waals surface area contributed by atoms with E-state index in [0.717, 1.165) is 24.2 Å². The Kier molecular flexibility index (Phi) is 4.24. The molecule has 0 spiro atoms. The predicted molar refractivity (Wildman–Crippen MR) is 110 cm³/mol. The minimum atomic E-state index is -0.340. The van der Waals surface area contributed by atoms with Crippen LogP contribution in [-0.2, 0) is 0 Å². The molecule has 1 N–H and O–H groups in total. The van der Waals surface area contributed by atoms with Gasteiger partial charge >= 0.3 is 0 Å². The summed E-state index contributed by atoms with van der Waals surface area (Å²) in [5, 5.41) is 3.19. The standard InChI is InChI=1S/C23H20N4O2/c28-21(26-23(12-13-23)16-29-18-10-5-2-6-11-18)20-19(17-8-3-1-4-9-17)25-22-24-14-7-15-27(20)22/h1-11,14-15H,12-13,16H2,(H,26,28). The molecular weight excluding hydrogens is 364 g/mol. The molecule has 0 aliphatic heterocycles. The highest BCUT2D eigenvalue weighted by Crippen LogP contribution is 2.37. The van der Waals surface area contributed by atoms with Gasteiger partial charge < -0.3 is 10.1 Å². The zero-order chi connectivity index (χ0) is 19.7. The minimum absolute atomic E-state index is 0.168. The van der Waals surface area contributed by atoms with Crippen LogP contribution in [0.5, 0.6) is 5.75 Å². The number of imidazole rings is 1. The highest BCUT2D eigenvalue weighted by molar-refractivity contribution is 6.00. The van der Waals surface area contributed by atoms with Crippen molar-refractivity contribution < 1.29 is 9.53 Å². The Bertz CT molecular complexity index is 1150. The highest BCUT2D eigenvalue weighted by Gasteiger charge is 2.46. The number of aromatic nitrogens is 3. The number of hydrogen-bond donors (Lipinski definition) is 1. The first-order valence-electron chi connectivity index (χ1n) is 9.63. The molecule has 1 amide bonds. The third kappa shape index (κ3) is 3.45. The maximum atomic E-state index is 13.3. The van der Waals surface area contributed by atoms with E-state index < -0.39 is 0 Å². The molecule has 0 bridgehead atoms. The molecule has 2 aromatic heterocycles. The van der Waals surface area contributed by atoms with Crippen molar-refractivity contribution in [3.05, 3.63) is 84.8 Å². The summed E-state index contributed by atoms with van der Waals surface area (Å²) in [5.74, 6) is 1.14. The Hall–Kier alpha value is -3.67. The summed E-state index contributed by atoms with van der Waals surface area (Å²) in [6.45, 7) is 0.443. The van der Waals surface area contributed by atoms with E-state index in [-0.39, 0.29) is 11.4 Å². The second kappa shape index (κ2) is 7.05. The van der Waals surface area contributed by atoms with Gasteiger partial charge in [-0.25, -0.2) is 9.97 Å². The molecule has 1 aliphatic carbocycles. The molecule has 0 unspecified atom stereocenters. The van der Waals surface area contributed by atoms with Crippen molar-refractivity contribution in [2.45, 2.75) is 18.4 Å². The SMILES string of the molecule is O=C(NC1(COc2ccccc2)CC1)c1c(-c2ccccc2)nc2ncccn12. The van der Waals surface area contributed by atoms with Crippen molar-refractivity contribution in [3.63, 3.8) is 0 Å². The van der Waals surface area contributed by atoms with Crippen LogP contribution in [0.3, 0.4) is 0 Å². The molecule has 1 fully saturated rings. The van der Waals surface area contributed by atoms with Crippen molar-refractivity contribution >= 4 is 11.7 Å². The summed E-state index contributed by atoms with van der Waals surface area (Å²) in [4.78, 5) is 22.2. The minimum Gasteiger partial charge on any atom is -0.491 e. The van der Waals surface area contributed by atoms with Crippen LogP contribution in [0.2, 0.25) is 0 Å². The molecule has 4 aromatic rings. The number of benzene rings is 2. The zero-order valence-corrected chi connectivity index (χ0v) is 15.8. The van der Waals surface area contributed by atoms with E-state index in [4.69, 9.17) is 4.74 Å². The second-order valence-corrected chi connectivity index (χ2v) is 7.30. The number of nitrogens with one attached hydrogen (secondary N) is 1. The van der Waals surface area contributed by atoms with Crippen LogP contribution in [-0.4, -0.2) is 32.4 Å². The van der Waals surface area contributed by atoms with E-state index in [0.29, 0.717) is 23.8 Å². The summed E-state index contributed by atoms with van der Waals surface area (Å²) in [5.41, 5.74) is 1.66. The van der Waals surface area contributed by atoms with Crippen LogP contribution in [0.1, 0.15) is 23.3 Å². The van der Waals surface area contributed by atoms with Gasteiger partial charge in [-0.05, 0) is 31.0 Å². The number of rotatable bonds is 6. The first-order valence-corrected chi connectivity index (χ1v) is 9.63. The third-order valence-corrected chi connectivity index (χ3v) is 5.16. The smallest absolute Gasteiger partial charge is 0.271 e. The number of hydrogen-bond acceptors (Lipinski definition) is 4. The fraction of sp³-hybridized carbons (Fsp3) is 0.174. The van der Waals surface area contributed by atoms with Gasteiger partial charge in [0, 0.05) is 18.0 Å². The number of nitrogens with zero attached hydrogens (tertiary/aromatic N) is 3. The molecule has 0 atom stereocenters. The number of para-hydroxylation sites is 1. The van der Waals surface area contributed by atoms with Crippen LogP contribution in [0.25, 0.3) is 17.0 Å². The Morgan fingerprint density at radius 1 is 1.03 bits per heavy atom. The lowest BCUT2D eigenvalue weighted by Gasteiger charge is -2.18. The maximum absolute atomic E-state index is 13.3. The van der Waals surface area contributed by atoms with Crippen molar-refractivity contribution in [1.82, 2.24) is 19.7 Å². The Labute approximate surface area is 168 Å². The molecule has 0 saturated heterocycles.